The molecular formula is C16H27FN2O. The van der Waals surface area contributed by atoms with Crippen molar-refractivity contribution in [3.05, 3.63) is 35.6 Å². The van der Waals surface area contributed by atoms with E-state index in [2.05, 4.69) is 17.1 Å². The van der Waals surface area contributed by atoms with Crippen LogP contribution in [-0.4, -0.2) is 43.3 Å². The zero-order valence-corrected chi connectivity index (χ0v) is 12.6. The minimum atomic E-state index is -0.201. The lowest BCUT2D eigenvalue weighted by atomic mass is 10.0. The summed E-state index contributed by atoms with van der Waals surface area (Å²) in [5, 5.41) is 12.4. The number of hydrogen-bond donors (Lipinski definition) is 2. The molecular weight excluding hydrogens is 255 g/mol. The lowest BCUT2D eigenvalue weighted by Crippen LogP contribution is -2.31. The highest BCUT2D eigenvalue weighted by Gasteiger charge is 2.12. The summed E-state index contributed by atoms with van der Waals surface area (Å²) in [6, 6.07) is 6.89. The van der Waals surface area contributed by atoms with E-state index in [9.17, 15) is 4.39 Å². The highest BCUT2D eigenvalue weighted by molar-refractivity contribution is 5.19. The summed E-state index contributed by atoms with van der Waals surface area (Å²) in [7, 11) is 1.93. The number of halogens is 1. The predicted octanol–water partition coefficient (Wildman–Crippen LogP) is 2.57. The van der Waals surface area contributed by atoms with Crippen LogP contribution >= 0.6 is 0 Å². The first-order chi connectivity index (χ1) is 9.71. The van der Waals surface area contributed by atoms with Crippen LogP contribution in [0.15, 0.2) is 24.3 Å². The molecule has 3 nitrogen and oxygen atoms in total. The summed E-state index contributed by atoms with van der Waals surface area (Å²) in [6.45, 7) is 5.05. The second kappa shape index (κ2) is 9.86. The molecule has 1 aromatic carbocycles. The zero-order chi connectivity index (χ0) is 14.8. The van der Waals surface area contributed by atoms with Crippen molar-refractivity contribution in [2.45, 2.75) is 32.2 Å². The molecule has 114 valence electrons. The summed E-state index contributed by atoms with van der Waals surface area (Å²) in [6.07, 6.45) is 3.27. The Balaban J connectivity index is 2.51. The predicted molar refractivity (Wildman–Crippen MR) is 81.3 cm³/mol. The normalized spacial score (nSPS) is 12.8. The molecule has 0 radical (unpaired) electrons. The maximum atomic E-state index is 13.0. The molecule has 1 unspecified atom stereocenters. The van der Waals surface area contributed by atoms with Crippen molar-refractivity contribution in [2.75, 3.05) is 33.3 Å². The van der Waals surface area contributed by atoms with Crippen molar-refractivity contribution in [3.63, 3.8) is 0 Å². The Morgan fingerprint density at radius 2 is 1.90 bits per heavy atom. The van der Waals surface area contributed by atoms with Crippen LogP contribution in [0, 0.1) is 5.82 Å². The SMILES string of the molecule is CCCCN(CCO)CCC(NC)c1ccc(F)cc1. The van der Waals surface area contributed by atoms with Crippen molar-refractivity contribution in [2.24, 2.45) is 0 Å². The first-order valence-electron chi connectivity index (χ1n) is 7.47. The number of nitrogens with zero attached hydrogens (tertiary/aromatic N) is 1. The molecule has 0 bridgehead atoms. The van der Waals surface area contributed by atoms with Gasteiger partial charge in [-0.15, -0.1) is 0 Å². The number of aliphatic hydroxyl groups excluding tert-OH is 1. The van der Waals surface area contributed by atoms with Gasteiger partial charge in [0.25, 0.3) is 0 Å². The molecule has 0 aliphatic carbocycles. The van der Waals surface area contributed by atoms with Crippen molar-refractivity contribution in [1.82, 2.24) is 10.2 Å². The average molecular weight is 282 g/mol. The van der Waals surface area contributed by atoms with Gasteiger partial charge in [0.15, 0.2) is 0 Å². The first-order valence-corrected chi connectivity index (χ1v) is 7.47. The monoisotopic (exact) mass is 282 g/mol. The van der Waals surface area contributed by atoms with Gasteiger partial charge in [0.2, 0.25) is 0 Å². The number of unbranched alkanes of at least 4 members (excludes halogenated alkanes) is 1. The second-order valence-electron chi connectivity index (χ2n) is 5.10. The summed E-state index contributed by atoms with van der Waals surface area (Å²) in [4.78, 5) is 2.29. The number of hydrogen-bond acceptors (Lipinski definition) is 3. The first kappa shape index (κ1) is 17.1. The molecule has 0 aromatic heterocycles. The molecule has 2 N–H and O–H groups in total. The van der Waals surface area contributed by atoms with E-state index in [0.717, 1.165) is 44.5 Å². The molecule has 1 aromatic rings. The molecule has 0 spiro atoms. The zero-order valence-electron chi connectivity index (χ0n) is 12.6. The van der Waals surface area contributed by atoms with Gasteiger partial charge in [-0.2, -0.15) is 0 Å². The van der Waals surface area contributed by atoms with Gasteiger partial charge in [-0.25, -0.2) is 4.39 Å². The third-order valence-corrected chi connectivity index (χ3v) is 3.60. The quantitative estimate of drug-likeness (QED) is 0.692. The van der Waals surface area contributed by atoms with Crippen LogP contribution in [0.25, 0.3) is 0 Å². The van der Waals surface area contributed by atoms with Crippen molar-refractivity contribution >= 4 is 0 Å². The Labute approximate surface area is 121 Å². The van der Waals surface area contributed by atoms with Gasteiger partial charge in [-0.05, 0) is 44.1 Å². The van der Waals surface area contributed by atoms with Gasteiger partial charge in [-0.3, -0.25) is 0 Å². The molecule has 0 amide bonds. The molecule has 0 fully saturated rings. The van der Waals surface area contributed by atoms with Crippen LogP contribution in [0.2, 0.25) is 0 Å². The molecule has 4 heteroatoms. The average Bonchev–Trinajstić information content (AvgIpc) is 2.47. The van der Waals surface area contributed by atoms with E-state index in [1.807, 2.05) is 19.2 Å². The van der Waals surface area contributed by atoms with Crippen molar-refractivity contribution in [3.8, 4) is 0 Å². The van der Waals surface area contributed by atoms with Crippen LogP contribution in [0.1, 0.15) is 37.8 Å². The summed E-state index contributed by atoms with van der Waals surface area (Å²) in [5.41, 5.74) is 1.10. The van der Waals surface area contributed by atoms with Crippen LogP contribution in [0.5, 0.6) is 0 Å². The van der Waals surface area contributed by atoms with E-state index < -0.39 is 0 Å². The van der Waals surface area contributed by atoms with Gasteiger partial charge in [0, 0.05) is 19.1 Å². The summed E-state index contributed by atoms with van der Waals surface area (Å²) < 4.78 is 13.0. The van der Waals surface area contributed by atoms with Crippen LogP contribution in [0.3, 0.4) is 0 Å². The Kier molecular flexibility index (Phi) is 8.42. The van der Waals surface area contributed by atoms with Gasteiger partial charge < -0.3 is 15.3 Å². The lowest BCUT2D eigenvalue weighted by Gasteiger charge is -2.24. The number of aliphatic hydroxyl groups is 1. The Morgan fingerprint density at radius 3 is 2.45 bits per heavy atom. The molecule has 0 saturated heterocycles. The Morgan fingerprint density at radius 1 is 1.20 bits per heavy atom. The van der Waals surface area contributed by atoms with Gasteiger partial charge in [-0.1, -0.05) is 25.5 Å². The molecule has 0 aliphatic rings. The highest BCUT2D eigenvalue weighted by Crippen LogP contribution is 2.17. The van der Waals surface area contributed by atoms with Crippen LogP contribution in [-0.2, 0) is 0 Å². The van der Waals surface area contributed by atoms with E-state index in [0.29, 0.717) is 0 Å². The number of benzene rings is 1. The molecule has 0 heterocycles. The maximum Gasteiger partial charge on any atom is 0.123 e. The molecule has 1 rings (SSSR count). The van der Waals surface area contributed by atoms with Crippen molar-refractivity contribution in [1.29, 1.82) is 0 Å². The molecule has 20 heavy (non-hydrogen) atoms. The third-order valence-electron chi connectivity index (χ3n) is 3.60. The molecule has 1 atom stereocenters. The second-order valence-corrected chi connectivity index (χ2v) is 5.10. The number of nitrogens with one attached hydrogen (secondary N) is 1. The largest absolute Gasteiger partial charge is 0.395 e. The van der Waals surface area contributed by atoms with Crippen LogP contribution < -0.4 is 5.32 Å². The van der Waals surface area contributed by atoms with Crippen molar-refractivity contribution < 1.29 is 9.50 Å². The van der Waals surface area contributed by atoms with E-state index in [-0.39, 0.29) is 18.5 Å². The molecule has 0 aliphatic heterocycles. The number of rotatable bonds is 10. The van der Waals surface area contributed by atoms with Gasteiger partial charge in [0.1, 0.15) is 5.82 Å². The Bertz CT molecular complexity index is 356. The fraction of sp³-hybridized carbons (Fsp3) is 0.625. The van der Waals surface area contributed by atoms with E-state index in [4.69, 9.17) is 5.11 Å². The summed E-state index contributed by atoms with van der Waals surface area (Å²) in [5.74, 6) is -0.201. The van der Waals surface area contributed by atoms with Gasteiger partial charge >= 0.3 is 0 Å². The smallest absolute Gasteiger partial charge is 0.123 e. The van der Waals surface area contributed by atoms with Crippen LogP contribution in [0.4, 0.5) is 4.39 Å². The molecule has 0 saturated carbocycles. The van der Waals surface area contributed by atoms with E-state index in [1.54, 1.807) is 0 Å². The maximum absolute atomic E-state index is 13.0. The van der Waals surface area contributed by atoms with E-state index >= 15 is 0 Å². The highest BCUT2D eigenvalue weighted by atomic mass is 19.1. The standard InChI is InChI=1S/C16H27FN2O/c1-3-4-10-19(12-13-20)11-9-16(18-2)14-5-7-15(17)8-6-14/h5-8,16,18,20H,3-4,9-13H2,1-2H3. The Hall–Kier alpha value is -0.970. The fourth-order valence-corrected chi connectivity index (χ4v) is 2.34. The summed E-state index contributed by atoms with van der Waals surface area (Å²) >= 11 is 0. The van der Waals surface area contributed by atoms with Gasteiger partial charge in [0.05, 0.1) is 6.61 Å². The lowest BCUT2D eigenvalue weighted by molar-refractivity contribution is 0.188. The minimum Gasteiger partial charge on any atom is -0.395 e. The topological polar surface area (TPSA) is 35.5 Å². The third kappa shape index (κ3) is 5.99. The minimum absolute atomic E-state index is 0.199. The fourth-order valence-electron chi connectivity index (χ4n) is 2.34. The van der Waals surface area contributed by atoms with E-state index in [1.165, 1.54) is 12.1 Å².